The minimum absolute atomic E-state index is 0.0545. The van der Waals surface area contributed by atoms with E-state index in [0.29, 0.717) is 6.42 Å². The summed E-state index contributed by atoms with van der Waals surface area (Å²) in [6.07, 6.45) is 25.0. The normalized spacial score (nSPS) is 24.7. The first-order valence-electron chi connectivity index (χ1n) is 21.7. The van der Waals surface area contributed by atoms with Crippen LogP contribution >= 0.6 is 0 Å². The lowest BCUT2D eigenvalue weighted by Gasteiger charge is -2.40. The molecule has 2 aliphatic heterocycles. The highest BCUT2D eigenvalue weighted by atomic mass is 16.7. The van der Waals surface area contributed by atoms with E-state index in [9.17, 15) is 25.5 Å². The molecular formula is C42H82N2O7. The average Bonchev–Trinajstić information content (AvgIpc) is 3.39. The van der Waals surface area contributed by atoms with Gasteiger partial charge in [-0.15, -0.1) is 0 Å². The number of hydrogen-bond acceptors (Lipinski definition) is 9. The van der Waals surface area contributed by atoms with Crippen LogP contribution in [0.4, 0.5) is 0 Å². The molecular weight excluding hydrogens is 644 g/mol. The molecule has 2 aliphatic rings. The standard InChI is InChI=1S/C42H82N2O7/c1-3-5-7-9-11-13-14-15-16-18-20-22-24-29-36(46)34(32-50-42-41(49)40(48)39(47)37(31-45)51-42)38-33(27-25-26-30-44-38)35(43)28-23-21-19-17-12-10-8-6-4-2/h34-37,39-42,44-49H,3-32,43H2,1-2H3/t34-,35?,36+,37?,39?,40?,41?,42?/m0/s1. The molecule has 8 atom stereocenters. The van der Waals surface area contributed by atoms with Gasteiger partial charge in [0.25, 0.3) is 0 Å². The molecule has 1 fully saturated rings. The lowest BCUT2D eigenvalue weighted by atomic mass is 9.87. The van der Waals surface area contributed by atoms with E-state index in [2.05, 4.69) is 19.2 Å². The molecule has 1 saturated heterocycles. The van der Waals surface area contributed by atoms with Gasteiger partial charge < -0.3 is 46.1 Å². The van der Waals surface area contributed by atoms with Crippen LogP contribution in [0.3, 0.4) is 0 Å². The average molecular weight is 727 g/mol. The van der Waals surface area contributed by atoms with Gasteiger partial charge in [-0.3, -0.25) is 0 Å². The first-order valence-corrected chi connectivity index (χ1v) is 21.7. The largest absolute Gasteiger partial charge is 0.394 e. The third-order valence-corrected chi connectivity index (χ3v) is 11.3. The van der Waals surface area contributed by atoms with E-state index in [-0.39, 0.29) is 12.6 Å². The maximum Gasteiger partial charge on any atom is 0.186 e. The van der Waals surface area contributed by atoms with Crippen LogP contribution in [0.2, 0.25) is 0 Å². The van der Waals surface area contributed by atoms with Crippen LogP contribution in [-0.2, 0) is 9.47 Å². The summed E-state index contributed by atoms with van der Waals surface area (Å²) >= 11 is 0. The molecule has 0 bridgehead atoms. The van der Waals surface area contributed by atoms with Crippen molar-refractivity contribution in [2.75, 3.05) is 19.8 Å². The molecule has 51 heavy (non-hydrogen) atoms. The topological polar surface area (TPSA) is 158 Å². The SMILES string of the molecule is CCCCCCCCCCCCCCC[C@@H](O)[C@H](COC1OC(CO)C(O)C(O)C1O)C1=C(C(N)CCCCCCCCCCC)CCCCN1. The van der Waals surface area contributed by atoms with Crippen molar-refractivity contribution in [3.63, 3.8) is 0 Å². The summed E-state index contributed by atoms with van der Waals surface area (Å²) in [4.78, 5) is 0. The third kappa shape index (κ3) is 18.9. The fourth-order valence-corrected chi connectivity index (χ4v) is 7.88. The smallest absolute Gasteiger partial charge is 0.186 e. The second-order valence-electron chi connectivity index (χ2n) is 15.8. The van der Waals surface area contributed by atoms with Crippen LogP contribution in [0.15, 0.2) is 11.3 Å². The highest BCUT2D eigenvalue weighted by Crippen LogP contribution is 2.31. The minimum Gasteiger partial charge on any atom is -0.394 e. The zero-order chi connectivity index (χ0) is 37.1. The van der Waals surface area contributed by atoms with Crippen LogP contribution in [-0.4, -0.2) is 88.1 Å². The van der Waals surface area contributed by atoms with E-state index in [1.54, 1.807) is 0 Å². The number of aliphatic hydroxyl groups is 5. The van der Waals surface area contributed by atoms with Crippen LogP contribution in [0, 0.1) is 5.92 Å². The van der Waals surface area contributed by atoms with Crippen molar-refractivity contribution in [2.45, 2.75) is 230 Å². The monoisotopic (exact) mass is 727 g/mol. The molecule has 2 rings (SSSR count). The van der Waals surface area contributed by atoms with Crippen molar-refractivity contribution in [2.24, 2.45) is 11.7 Å². The van der Waals surface area contributed by atoms with Crippen LogP contribution in [0.5, 0.6) is 0 Å². The predicted molar refractivity (Wildman–Crippen MR) is 208 cm³/mol. The van der Waals surface area contributed by atoms with Crippen molar-refractivity contribution in [1.82, 2.24) is 5.32 Å². The molecule has 0 spiro atoms. The zero-order valence-electron chi connectivity index (χ0n) is 33.0. The van der Waals surface area contributed by atoms with E-state index >= 15 is 0 Å². The van der Waals surface area contributed by atoms with E-state index in [1.165, 1.54) is 128 Å². The van der Waals surface area contributed by atoms with E-state index in [4.69, 9.17) is 15.2 Å². The number of ether oxygens (including phenoxy) is 2. The van der Waals surface area contributed by atoms with Gasteiger partial charge in [0.15, 0.2) is 6.29 Å². The van der Waals surface area contributed by atoms with Crippen molar-refractivity contribution in [1.29, 1.82) is 0 Å². The first-order chi connectivity index (χ1) is 24.8. The van der Waals surface area contributed by atoms with Crippen LogP contribution in [0.25, 0.3) is 0 Å². The van der Waals surface area contributed by atoms with Gasteiger partial charge in [0, 0.05) is 24.2 Å². The molecule has 0 aromatic carbocycles. The lowest BCUT2D eigenvalue weighted by molar-refractivity contribution is -0.303. The Hall–Kier alpha value is -0.780. The van der Waals surface area contributed by atoms with E-state index < -0.39 is 49.3 Å². The molecule has 9 heteroatoms. The molecule has 0 aliphatic carbocycles. The quantitative estimate of drug-likeness (QED) is 0.0359. The summed E-state index contributed by atoms with van der Waals surface area (Å²) in [6, 6.07) is -0.103. The first kappa shape index (κ1) is 46.4. The summed E-state index contributed by atoms with van der Waals surface area (Å²) in [7, 11) is 0. The van der Waals surface area contributed by atoms with Gasteiger partial charge in [-0.1, -0.05) is 155 Å². The van der Waals surface area contributed by atoms with Crippen molar-refractivity contribution < 1.29 is 35.0 Å². The summed E-state index contributed by atoms with van der Waals surface area (Å²) in [6.45, 7) is 4.86. The minimum atomic E-state index is -1.51. The number of hydrogen-bond donors (Lipinski definition) is 7. The van der Waals surface area contributed by atoms with Crippen molar-refractivity contribution in [3.8, 4) is 0 Å². The molecule has 0 aromatic heterocycles. The van der Waals surface area contributed by atoms with Gasteiger partial charge in [0.1, 0.15) is 24.4 Å². The number of aliphatic hydroxyl groups excluding tert-OH is 5. The Labute approximate surface area is 312 Å². The molecule has 302 valence electrons. The fourth-order valence-electron chi connectivity index (χ4n) is 7.88. The van der Waals surface area contributed by atoms with E-state index in [0.717, 1.165) is 57.2 Å². The van der Waals surface area contributed by atoms with Gasteiger partial charge in [-0.05, 0) is 37.7 Å². The fraction of sp³-hybridized carbons (Fsp3) is 0.952. The molecule has 0 saturated carbocycles. The maximum absolute atomic E-state index is 11.7. The number of nitrogens with one attached hydrogen (secondary N) is 1. The number of unbranched alkanes of at least 4 members (excludes halogenated alkanes) is 20. The van der Waals surface area contributed by atoms with Gasteiger partial charge in [0.2, 0.25) is 0 Å². The Morgan fingerprint density at radius 2 is 1.18 bits per heavy atom. The second-order valence-corrected chi connectivity index (χ2v) is 15.8. The Kier molecular flexibility index (Phi) is 26.9. The second kappa shape index (κ2) is 29.6. The van der Waals surface area contributed by atoms with Crippen LogP contribution in [0.1, 0.15) is 187 Å². The van der Waals surface area contributed by atoms with E-state index in [1.807, 2.05) is 0 Å². The molecule has 9 nitrogen and oxygen atoms in total. The summed E-state index contributed by atoms with van der Waals surface area (Å²) < 4.78 is 11.8. The zero-order valence-corrected chi connectivity index (χ0v) is 33.0. The Morgan fingerprint density at radius 1 is 0.686 bits per heavy atom. The molecule has 8 N–H and O–H groups in total. The van der Waals surface area contributed by atoms with Crippen LogP contribution < -0.4 is 11.1 Å². The molecule has 6 unspecified atom stereocenters. The highest BCUT2D eigenvalue weighted by molar-refractivity contribution is 5.23. The molecule has 2 heterocycles. The summed E-state index contributed by atoms with van der Waals surface area (Å²) in [5.74, 6) is -0.406. The molecule has 0 amide bonds. The Morgan fingerprint density at radius 3 is 1.69 bits per heavy atom. The predicted octanol–water partition coefficient (Wildman–Crippen LogP) is 7.54. The van der Waals surface area contributed by atoms with Crippen molar-refractivity contribution >= 4 is 0 Å². The maximum atomic E-state index is 11.7. The highest BCUT2D eigenvalue weighted by Gasteiger charge is 2.44. The molecule has 0 radical (unpaired) electrons. The van der Waals surface area contributed by atoms with Gasteiger partial charge in [0.05, 0.1) is 19.3 Å². The Balaban J connectivity index is 1.98. The summed E-state index contributed by atoms with van der Waals surface area (Å²) in [5, 5.41) is 56.3. The Bertz CT molecular complexity index is 859. The van der Waals surface area contributed by atoms with Gasteiger partial charge in [-0.25, -0.2) is 0 Å². The van der Waals surface area contributed by atoms with Gasteiger partial charge in [-0.2, -0.15) is 0 Å². The third-order valence-electron chi connectivity index (χ3n) is 11.3. The van der Waals surface area contributed by atoms with Crippen molar-refractivity contribution in [3.05, 3.63) is 11.3 Å². The summed E-state index contributed by atoms with van der Waals surface area (Å²) in [5.41, 5.74) is 9.05. The molecule has 0 aromatic rings. The number of rotatable bonds is 31. The van der Waals surface area contributed by atoms with Gasteiger partial charge >= 0.3 is 0 Å². The number of nitrogens with two attached hydrogens (primary N) is 1. The lowest BCUT2D eigenvalue weighted by Crippen LogP contribution is -2.59.